The number of alkyl halides is 1. The third kappa shape index (κ3) is 7.46. The molecule has 0 saturated carbocycles. The first-order chi connectivity index (χ1) is 20.9. The van der Waals surface area contributed by atoms with Gasteiger partial charge in [0.05, 0.1) is 37.7 Å². The number of benzene rings is 1. The molecule has 1 aromatic carbocycles. The summed E-state index contributed by atoms with van der Waals surface area (Å²) >= 11 is 1.39. The van der Waals surface area contributed by atoms with Crippen LogP contribution in [0.2, 0.25) is 0 Å². The Labute approximate surface area is 254 Å². The Kier molecular flexibility index (Phi) is 10.2. The second-order valence-corrected chi connectivity index (χ2v) is 12.0. The molecule has 2 aromatic heterocycles. The van der Waals surface area contributed by atoms with Gasteiger partial charge in [0, 0.05) is 49.3 Å². The second-order valence-electron chi connectivity index (χ2n) is 11.0. The average molecular weight is 613 g/mol. The summed E-state index contributed by atoms with van der Waals surface area (Å²) in [6, 6.07) is 5.34. The number of carbonyl (C=O) groups is 2. The van der Waals surface area contributed by atoms with Crippen molar-refractivity contribution in [3.8, 4) is 17.0 Å². The van der Waals surface area contributed by atoms with E-state index in [0.717, 1.165) is 36.4 Å². The summed E-state index contributed by atoms with van der Waals surface area (Å²) in [5.74, 6) is -0.0110. The van der Waals surface area contributed by atoms with Crippen LogP contribution in [0.15, 0.2) is 30.6 Å². The molecule has 2 fully saturated rings. The molecule has 0 spiro atoms. The predicted octanol–water partition coefficient (Wildman–Crippen LogP) is 4.49. The zero-order valence-corrected chi connectivity index (χ0v) is 25.2. The predicted molar refractivity (Wildman–Crippen MR) is 161 cm³/mol. The minimum Gasteiger partial charge on any atom is -0.496 e. The van der Waals surface area contributed by atoms with Crippen molar-refractivity contribution >= 4 is 34.2 Å². The van der Waals surface area contributed by atoms with Gasteiger partial charge in [0.25, 0.3) is 5.91 Å². The molecule has 2 N–H and O–H groups in total. The number of hydrogen-bond donors (Lipinski definition) is 2. The molecule has 3 aromatic rings. The maximum Gasteiger partial charge on any atom is 0.306 e. The number of carboxylic acids is 1. The van der Waals surface area contributed by atoms with Crippen LogP contribution < -0.4 is 15.0 Å². The van der Waals surface area contributed by atoms with E-state index in [1.165, 1.54) is 30.8 Å². The third-order valence-electron chi connectivity index (χ3n) is 8.03. The van der Waals surface area contributed by atoms with Gasteiger partial charge in [-0.05, 0) is 56.3 Å². The van der Waals surface area contributed by atoms with E-state index in [2.05, 4.69) is 20.2 Å². The Bertz CT molecular complexity index is 1410. The maximum atomic E-state index is 13.8. The molecular formula is C30H37FN6O5S. The van der Waals surface area contributed by atoms with Gasteiger partial charge in [-0.25, -0.2) is 19.3 Å². The normalized spacial score (nSPS) is 18.0. The average Bonchev–Trinajstić information content (AvgIpc) is 3.42. The number of rotatable bonds is 11. The van der Waals surface area contributed by atoms with Crippen LogP contribution >= 0.6 is 11.3 Å². The first kappa shape index (κ1) is 30.8. The molecule has 11 nitrogen and oxygen atoms in total. The molecule has 1 atom stereocenters. The summed E-state index contributed by atoms with van der Waals surface area (Å²) in [6.07, 6.45) is 6.24. The minimum absolute atomic E-state index is 0.144. The fourth-order valence-corrected chi connectivity index (χ4v) is 6.78. The van der Waals surface area contributed by atoms with E-state index in [0.29, 0.717) is 73.0 Å². The number of likely N-dealkylation sites (tertiary alicyclic amines) is 1. The number of halogens is 1. The molecular weight excluding hydrogens is 575 g/mol. The standard InChI is InChI=1S/C30H37FN6O5S/c1-41-18-19-4-3-9-36(16-19)17-25-27(21-5-6-24(42-2)22(12-21)13-31)34-30(43-25)35-28(38)23-14-33-26(15-32-23)37-10-7-20(8-11-37)29(39)40/h5-6,12,14-15,19-20H,3-4,7-11,13,16-18H2,1-2H3,(H,39,40)(H,34,35,38)/t19-/m0/s1. The summed E-state index contributed by atoms with van der Waals surface area (Å²) in [7, 11) is 3.24. The van der Waals surface area contributed by atoms with Gasteiger partial charge in [-0.15, -0.1) is 0 Å². The quantitative estimate of drug-likeness (QED) is 0.320. The van der Waals surface area contributed by atoms with Crippen molar-refractivity contribution in [2.75, 3.05) is 57.2 Å². The lowest BCUT2D eigenvalue weighted by atomic mass is 9.97. The molecule has 0 aliphatic carbocycles. The molecule has 0 radical (unpaired) electrons. The molecule has 4 heterocycles. The van der Waals surface area contributed by atoms with Gasteiger partial charge in [-0.2, -0.15) is 0 Å². The fraction of sp³-hybridized carbons (Fsp3) is 0.500. The molecule has 0 unspecified atom stereocenters. The van der Waals surface area contributed by atoms with Crippen molar-refractivity contribution in [1.82, 2.24) is 19.9 Å². The van der Waals surface area contributed by atoms with Crippen LogP contribution in [0.1, 0.15) is 46.6 Å². The number of thiazole rings is 1. The van der Waals surface area contributed by atoms with Gasteiger partial charge in [0.1, 0.15) is 23.9 Å². The second kappa shape index (κ2) is 14.2. The highest BCUT2D eigenvalue weighted by molar-refractivity contribution is 7.16. The largest absolute Gasteiger partial charge is 0.496 e. The number of aliphatic carboxylic acids is 1. The number of ether oxygens (including phenoxy) is 2. The van der Waals surface area contributed by atoms with E-state index in [1.54, 1.807) is 19.2 Å². The third-order valence-corrected chi connectivity index (χ3v) is 8.98. The number of anilines is 2. The Morgan fingerprint density at radius 1 is 1.14 bits per heavy atom. The van der Waals surface area contributed by atoms with E-state index in [4.69, 9.17) is 14.5 Å². The smallest absolute Gasteiger partial charge is 0.306 e. The van der Waals surface area contributed by atoms with Gasteiger partial charge >= 0.3 is 5.97 Å². The van der Waals surface area contributed by atoms with Gasteiger partial charge in [0.2, 0.25) is 0 Å². The van der Waals surface area contributed by atoms with Crippen molar-refractivity contribution in [2.24, 2.45) is 11.8 Å². The number of carboxylic acid groups (broad SMARTS) is 1. The topological polar surface area (TPSA) is 130 Å². The van der Waals surface area contributed by atoms with Crippen LogP contribution in [-0.2, 0) is 22.8 Å². The van der Waals surface area contributed by atoms with Crippen molar-refractivity contribution in [3.63, 3.8) is 0 Å². The van der Waals surface area contributed by atoms with E-state index in [9.17, 15) is 19.1 Å². The van der Waals surface area contributed by atoms with Crippen LogP contribution in [-0.4, -0.2) is 83.8 Å². The van der Waals surface area contributed by atoms with Crippen LogP contribution in [0.5, 0.6) is 5.75 Å². The van der Waals surface area contributed by atoms with Crippen molar-refractivity contribution in [1.29, 1.82) is 0 Å². The van der Waals surface area contributed by atoms with Crippen LogP contribution in [0.25, 0.3) is 11.3 Å². The number of nitrogens with one attached hydrogen (secondary N) is 1. The number of aromatic nitrogens is 3. The van der Waals surface area contributed by atoms with Crippen molar-refractivity contribution in [3.05, 3.63) is 46.7 Å². The molecule has 1 amide bonds. The fourth-order valence-electron chi connectivity index (χ4n) is 5.76. The lowest BCUT2D eigenvalue weighted by molar-refractivity contribution is -0.142. The SMILES string of the molecule is COC[C@H]1CCCN(Cc2sc(NC(=O)c3cnc(N4CCC(C(=O)O)CC4)cn3)nc2-c2ccc(OC)c(CF)c2)C1. The molecule has 43 heavy (non-hydrogen) atoms. The summed E-state index contributed by atoms with van der Waals surface area (Å²) in [4.78, 5) is 43.2. The number of amides is 1. The van der Waals surface area contributed by atoms with Crippen molar-refractivity contribution in [2.45, 2.75) is 38.9 Å². The highest BCUT2D eigenvalue weighted by Gasteiger charge is 2.26. The monoisotopic (exact) mass is 612 g/mol. The van der Waals surface area contributed by atoms with Gasteiger partial charge in [-0.1, -0.05) is 11.3 Å². The first-order valence-electron chi connectivity index (χ1n) is 14.4. The highest BCUT2D eigenvalue weighted by Crippen LogP contribution is 2.36. The summed E-state index contributed by atoms with van der Waals surface area (Å²) in [5, 5.41) is 12.5. The summed E-state index contributed by atoms with van der Waals surface area (Å²) in [5.41, 5.74) is 2.02. The highest BCUT2D eigenvalue weighted by atomic mass is 32.1. The number of carbonyl (C=O) groups excluding carboxylic acids is 1. The van der Waals surface area contributed by atoms with Crippen molar-refractivity contribution < 1.29 is 28.6 Å². The molecule has 2 aliphatic heterocycles. The minimum atomic E-state index is -0.771. The van der Waals surface area contributed by atoms with Crippen LogP contribution in [0.4, 0.5) is 15.3 Å². The Morgan fingerprint density at radius 2 is 1.95 bits per heavy atom. The van der Waals surface area contributed by atoms with Crippen LogP contribution in [0.3, 0.4) is 0 Å². The number of nitrogens with zero attached hydrogens (tertiary/aromatic N) is 5. The maximum absolute atomic E-state index is 13.8. The Morgan fingerprint density at radius 3 is 2.63 bits per heavy atom. The van der Waals surface area contributed by atoms with E-state index >= 15 is 0 Å². The van der Waals surface area contributed by atoms with E-state index in [1.807, 2.05) is 11.0 Å². The molecule has 230 valence electrons. The molecule has 13 heteroatoms. The summed E-state index contributed by atoms with van der Waals surface area (Å²) in [6.45, 7) is 3.69. The molecule has 2 saturated heterocycles. The number of piperidine rings is 2. The van der Waals surface area contributed by atoms with E-state index < -0.39 is 18.6 Å². The van der Waals surface area contributed by atoms with Gasteiger partial charge < -0.3 is 19.5 Å². The van der Waals surface area contributed by atoms with Crippen LogP contribution in [0, 0.1) is 11.8 Å². The first-order valence-corrected chi connectivity index (χ1v) is 15.3. The van der Waals surface area contributed by atoms with Gasteiger partial charge in [-0.3, -0.25) is 19.8 Å². The van der Waals surface area contributed by atoms with E-state index in [-0.39, 0.29) is 11.6 Å². The molecule has 0 bridgehead atoms. The zero-order chi connectivity index (χ0) is 30.3. The number of methoxy groups -OCH3 is 2. The molecule has 5 rings (SSSR count). The Hall–Kier alpha value is -3.68. The number of hydrogen-bond acceptors (Lipinski definition) is 10. The lowest BCUT2D eigenvalue weighted by Gasteiger charge is -2.32. The molecule has 2 aliphatic rings. The summed E-state index contributed by atoms with van der Waals surface area (Å²) < 4.78 is 24.5. The van der Waals surface area contributed by atoms with Gasteiger partial charge in [0.15, 0.2) is 5.13 Å². The Balaban J connectivity index is 1.33. The lowest BCUT2D eigenvalue weighted by Crippen LogP contribution is -2.36. The zero-order valence-electron chi connectivity index (χ0n) is 24.4.